The van der Waals surface area contributed by atoms with Crippen molar-refractivity contribution in [2.75, 3.05) is 18.5 Å². The minimum Gasteiger partial charge on any atom is -0.376 e. The Balaban J connectivity index is 1.69. The Bertz CT molecular complexity index is 444. The number of fused-ring (bicyclic) bond motifs is 1. The maximum absolute atomic E-state index is 5.56. The van der Waals surface area contributed by atoms with E-state index in [0.717, 1.165) is 30.2 Å². The van der Waals surface area contributed by atoms with Crippen molar-refractivity contribution in [3.8, 4) is 0 Å². The first-order chi connectivity index (χ1) is 7.92. The molecule has 2 aromatic rings. The lowest BCUT2D eigenvalue weighted by Gasteiger charge is -2.08. The number of aromatic nitrogens is 1. The Morgan fingerprint density at radius 1 is 1.44 bits per heavy atom. The van der Waals surface area contributed by atoms with Gasteiger partial charge in [-0.1, -0.05) is 23.5 Å². The van der Waals surface area contributed by atoms with Gasteiger partial charge in [-0.25, -0.2) is 4.98 Å². The number of benzene rings is 1. The maximum atomic E-state index is 5.56. The molecule has 0 spiro atoms. The highest BCUT2D eigenvalue weighted by Crippen LogP contribution is 2.25. The summed E-state index contributed by atoms with van der Waals surface area (Å²) in [5, 5.41) is 4.36. The number of anilines is 1. The Kier molecular flexibility index (Phi) is 2.76. The molecule has 3 nitrogen and oxygen atoms in total. The van der Waals surface area contributed by atoms with E-state index in [1.54, 1.807) is 11.3 Å². The minimum atomic E-state index is 0.368. The average molecular weight is 234 g/mol. The summed E-state index contributed by atoms with van der Waals surface area (Å²) in [4.78, 5) is 4.53. The summed E-state index contributed by atoms with van der Waals surface area (Å²) in [6.07, 6.45) is 2.72. The molecule has 1 aromatic carbocycles. The fourth-order valence-corrected chi connectivity index (χ4v) is 2.83. The molecule has 0 aliphatic carbocycles. The molecule has 1 aromatic heterocycles. The molecule has 1 aliphatic heterocycles. The molecule has 0 saturated carbocycles. The van der Waals surface area contributed by atoms with Gasteiger partial charge in [0.05, 0.1) is 16.3 Å². The predicted octanol–water partition coefficient (Wildman–Crippen LogP) is 2.89. The highest BCUT2D eigenvalue weighted by Gasteiger charge is 2.15. The maximum Gasteiger partial charge on any atom is 0.183 e. The van der Waals surface area contributed by atoms with E-state index < -0.39 is 0 Å². The Morgan fingerprint density at radius 2 is 2.38 bits per heavy atom. The number of nitrogens with zero attached hydrogens (tertiary/aromatic N) is 1. The Morgan fingerprint density at radius 3 is 3.19 bits per heavy atom. The van der Waals surface area contributed by atoms with Crippen LogP contribution in [0.25, 0.3) is 10.2 Å². The van der Waals surface area contributed by atoms with Gasteiger partial charge in [0.25, 0.3) is 0 Å². The van der Waals surface area contributed by atoms with Crippen molar-refractivity contribution in [3.05, 3.63) is 24.3 Å². The summed E-state index contributed by atoms with van der Waals surface area (Å²) in [5.74, 6) is 0. The van der Waals surface area contributed by atoms with Crippen LogP contribution in [-0.2, 0) is 4.74 Å². The average Bonchev–Trinajstić information content (AvgIpc) is 2.95. The monoisotopic (exact) mass is 234 g/mol. The number of thiazole rings is 1. The van der Waals surface area contributed by atoms with E-state index in [1.807, 2.05) is 18.2 Å². The topological polar surface area (TPSA) is 34.1 Å². The highest BCUT2D eigenvalue weighted by atomic mass is 32.1. The molecule has 3 rings (SSSR count). The molecule has 84 valence electrons. The predicted molar refractivity (Wildman–Crippen MR) is 67.1 cm³/mol. The lowest BCUT2D eigenvalue weighted by Crippen LogP contribution is -2.18. The summed E-state index contributed by atoms with van der Waals surface area (Å²) in [6, 6.07) is 8.21. The summed E-state index contributed by atoms with van der Waals surface area (Å²) < 4.78 is 6.80. The molecule has 1 saturated heterocycles. The molecule has 2 heterocycles. The van der Waals surface area contributed by atoms with Crippen molar-refractivity contribution >= 4 is 26.7 Å². The van der Waals surface area contributed by atoms with Gasteiger partial charge in [-0.05, 0) is 25.0 Å². The molecule has 1 fully saturated rings. The van der Waals surface area contributed by atoms with Crippen molar-refractivity contribution in [1.29, 1.82) is 0 Å². The Labute approximate surface area is 98.5 Å². The zero-order chi connectivity index (χ0) is 10.8. The molecule has 0 radical (unpaired) electrons. The second kappa shape index (κ2) is 4.39. The van der Waals surface area contributed by atoms with Gasteiger partial charge < -0.3 is 10.1 Å². The standard InChI is InChI=1S/C12H14N2OS/c1-2-6-11-10(5-1)14-12(16-11)13-8-9-4-3-7-15-9/h1-2,5-6,9H,3-4,7-8H2,(H,13,14)/t9-/m1/s1. The number of hydrogen-bond donors (Lipinski definition) is 1. The van der Waals surface area contributed by atoms with E-state index in [9.17, 15) is 0 Å². The van der Waals surface area contributed by atoms with Gasteiger partial charge in [0.15, 0.2) is 5.13 Å². The van der Waals surface area contributed by atoms with Crippen molar-refractivity contribution in [2.45, 2.75) is 18.9 Å². The lowest BCUT2D eigenvalue weighted by atomic mass is 10.2. The van der Waals surface area contributed by atoms with E-state index in [0.29, 0.717) is 6.10 Å². The first-order valence-corrected chi connectivity index (χ1v) is 6.44. The zero-order valence-electron chi connectivity index (χ0n) is 8.98. The van der Waals surface area contributed by atoms with Crippen molar-refractivity contribution < 1.29 is 4.74 Å². The third-order valence-corrected chi connectivity index (χ3v) is 3.79. The van der Waals surface area contributed by atoms with Crippen LogP contribution in [0.15, 0.2) is 24.3 Å². The molecular weight excluding hydrogens is 220 g/mol. The number of ether oxygens (including phenoxy) is 1. The molecule has 16 heavy (non-hydrogen) atoms. The molecule has 1 atom stereocenters. The molecule has 0 amide bonds. The van der Waals surface area contributed by atoms with Crippen LogP contribution >= 0.6 is 11.3 Å². The zero-order valence-corrected chi connectivity index (χ0v) is 9.80. The number of hydrogen-bond acceptors (Lipinski definition) is 4. The van der Waals surface area contributed by atoms with Crippen LogP contribution in [0.3, 0.4) is 0 Å². The molecular formula is C12H14N2OS. The second-order valence-electron chi connectivity index (χ2n) is 4.00. The summed E-state index contributed by atoms with van der Waals surface area (Å²) in [6.45, 7) is 1.78. The summed E-state index contributed by atoms with van der Waals surface area (Å²) in [7, 11) is 0. The largest absolute Gasteiger partial charge is 0.376 e. The molecule has 0 bridgehead atoms. The second-order valence-corrected chi connectivity index (χ2v) is 5.03. The number of para-hydroxylation sites is 1. The van der Waals surface area contributed by atoms with Gasteiger partial charge in [-0.2, -0.15) is 0 Å². The fourth-order valence-electron chi connectivity index (χ4n) is 1.95. The number of rotatable bonds is 3. The SMILES string of the molecule is c1ccc2sc(NC[C@H]3CCCO3)nc2c1. The van der Waals surface area contributed by atoms with Crippen LogP contribution in [-0.4, -0.2) is 24.2 Å². The van der Waals surface area contributed by atoms with E-state index >= 15 is 0 Å². The van der Waals surface area contributed by atoms with E-state index in [4.69, 9.17) is 4.74 Å². The van der Waals surface area contributed by atoms with Gasteiger partial charge in [0.1, 0.15) is 0 Å². The third kappa shape index (κ3) is 2.03. The Hall–Kier alpha value is -1.13. The van der Waals surface area contributed by atoms with Crippen LogP contribution in [0.4, 0.5) is 5.13 Å². The van der Waals surface area contributed by atoms with Crippen molar-refractivity contribution in [1.82, 2.24) is 4.98 Å². The van der Waals surface area contributed by atoms with Crippen molar-refractivity contribution in [3.63, 3.8) is 0 Å². The normalized spacial score (nSPS) is 20.4. The van der Waals surface area contributed by atoms with Crippen LogP contribution in [0, 0.1) is 0 Å². The number of nitrogens with one attached hydrogen (secondary N) is 1. The molecule has 4 heteroatoms. The van der Waals surface area contributed by atoms with Gasteiger partial charge >= 0.3 is 0 Å². The fraction of sp³-hybridized carbons (Fsp3) is 0.417. The third-order valence-electron chi connectivity index (χ3n) is 2.80. The summed E-state index contributed by atoms with van der Waals surface area (Å²) >= 11 is 1.70. The van der Waals surface area contributed by atoms with E-state index in [2.05, 4.69) is 16.4 Å². The first-order valence-electron chi connectivity index (χ1n) is 5.63. The summed E-state index contributed by atoms with van der Waals surface area (Å²) in [5.41, 5.74) is 1.07. The van der Waals surface area contributed by atoms with Crippen molar-refractivity contribution in [2.24, 2.45) is 0 Å². The molecule has 0 unspecified atom stereocenters. The van der Waals surface area contributed by atoms with Crippen LogP contribution in [0.2, 0.25) is 0 Å². The van der Waals surface area contributed by atoms with Crippen LogP contribution in [0.1, 0.15) is 12.8 Å². The highest BCUT2D eigenvalue weighted by molar-refractivity contribution is 7.22. The van der Waals surface area contributed by atoms with Gasteiger partial charge in [-0.15, -0.1) is 0 Å². The van der Waals surface area contributed by atoms with Crippen LogP contribution in [0.5, 0.6) is 0 Å². The lowest BCUT2D eigenvalue weighted by molar-refractivity contribution is 0.120. The van der Waals surface area contributed by atoms with Crippen LogP contribution < -0.4 is 5.32 Å². The van der Waals surface area contributed by atoms with E-state index in [-0.39, 0.29) is 0 Å². The quantitative estimate of drug-likeness (QED) is 0.886. The smallest absolute Gasteiger partial charge is 0.183 e. The van der Waals surface area contributed by atoms with Gasteiger partial charge in [-0.3, -0.25) is 0 Å². The molecule has 1 N–H and O–H groups in total. The van der Waals surface area contributed by atoms with Gasteiger partial charge in [0.2, 0.25) is 0 Å². The van der Waals surface area contributed by atoms with Gasteiger partial charge in [0, 0.05) is 13.2 Å². The molecule has 1 aliphatic rings. The minimum absolute atomic E-state index is 0.368. The van der Waals surface area contributed by atoms with E-state index in [1.165, 1.54) is 11.1 Å². The first kappa shape index (κ1) is 10.1.